The minimum absolute atomic E-state index is 0.640. The van der Waals surface area contributed by atoms with E-state index < -0.39 is 5.72 Å². The highest BCUT2D eigenvalue weighted by Gasteiger charge is 2.15. The summed E-state index contributed by atoms with van der Waals surface area (Å²) in [7, 11) is 0. The van der Waals surface area contributed by atoms with Gasteiger partial charge in [-0.2, -0.15) is 5.48 Å². The highest BCUT2D eigenvalue weighted by molar-refractivity contribution is 4.59. The summed E-state index contributed by atoms with van der Waals surface area (Å²) < 4.78 is 0. The highest BCUT2D eigenvalue weighted by Crippen LogP contribution is 2.03. The number of nitrogens with one attached hydrogen (secondary N) is 1. The average Bonchev–Trinajstić information content (AvgIpc) is 2.04. The van der Waals surface area contributed by atoms with Crippen LogP contribution in [0.3, 0.4) is 0 Å². The maximum absolute atomic E-state index is 9.44. The van der Waals surface area contributed by atoms with Crippen molar-refractivity contribution >= 4 is 0 Å². The summed E-state index contributed by atoms with van der Waals surface area (Å²) >= 11 is 0. The number of hydroxylamine groups is 1. The fourth-order valence-electron chi connectivity index (χ4n) is 0.703. The van der Waals surface area contributed by atoms with Crippen molar-refractivity contribution in [2.24, 2.45) is 0 Å². The van der Waals surface area contributed by atoms with Crippen molar-refractivity contribution in [3.05, 3.63) is 0 Å². The van der Waals surface area contributed by atoms with Crippen LogP contribution in [-0.4, -0.2) is 17.4 Å². The van der Waals surface area contributed by atoms with Crippen LogP contribution in [0.4, 0.5) is 0 Å². The van der Waals surface area contributed by atoms with Gasteiger partial charge in [0, 0.05) is 0 Å². The van der Waals surface area contributed by atoms with E-state index in [9.17, 15) is 5.11 Å². The number of rotatable bonds is 7. The van der Waals surface area contributed by atoms with Gasteiger partial charge in [-0.3, -0.25) is 4.84 Å². The molecule has 0 aromatic heterocycles. The number of hydrogen-bond acceptors (Lipinski definition) is 3. The molecule has 12 heavy (non-hydrogen) atoms. The van der Waals surface area contributed by atoms with E-state index in [0.29, 0.717) is 13.0 Å². The van der Waals surface area contributed by atoms with Crippen molar-refractivity contribution in [2.75, 3.05) is 6.61 Å². The Labute approximate surface area is 75.1 Å². The van der Waals surface area contributed by atoms with Crippen molar-refractivity contribution in [2.45, 2.75) is 52.2 Å². The Kier molecular flexibility index (Phi) is 6.34. The summed E-state index contributed by atoms with van der Waals surface area (Å²) in [6, 6.07) is 0. The van der Waals surface area contributed by atoms with E-state index in [1.807, 2.05) is 6.92 Å². The first kappa shape index (κ1) is 11.9. The zero-order chi connectivity index (χ0) is 9.45. The Bertz CT molecular complexity index is 105. The third-order valence-corrected chi connectivity index (χ3v) is 1.83. The van der Waals surface area contributed by atoms with Crippen molar-refractivity contribution in [3.8, 4) is 0 Å². The van der Waals surface area contributed by atoms with E-state index in [4.69, 9.17) is 4.84 Å². The van der Waals surface area contributed by atoms with Gasteiger partial charge in [-0.1, -0.05) is 26.7 Å². The molecule has 0 aromatic rings. The van der Waals surface area contributed by atoms with Crippen molar-refractivity contribution < 1.29 is 9.94 Å². The Hall–Kier alpha value is -0.120. The molecule has 0 aliphatic carbocycles. The smallest absolute Gasteiger partial charge is 0.134 e. The average molecular weight is 175 g/mol. The quantitative estimate of drug-likeness (QED) is 0.352. The second-order valence-electron chi connectivity index (χ2n) is 3.29. The lowest BCUT2D eigenvalue weighted by Crippen LogP contribution is -2.41. The zero-order valence-corrected chi connectivity index (χ0v) is 8.39. The lowest BCUT2D eigenvalue weighted by molar-refractivity contribution is -0.121. The van der Waals surface area contributed by atoms with Crippen LogP contribution in [0.1, 0.15) is 46.5 Å². The van der Waals surface area contributed by atoms with Gasteiger partial charge in [0.05, 0.1) is 6.61 Å². The predicted octanol–water partition coefficient (Wildman–Crippen LogP) is 1.82. The largest absolute Gasteiger partial charge is 0.374 e. The Balaban J connectivity index is 3.19. The fraction of sp³-hybridized carbons (Fsp3) is 1.00. The summed E-state index contributed by atoms with van der Waals surface area (Å²) in [6.45, 7) is 6.43. The number of aliphatic hydroxyl groups is 1. The van der Waals surface area contributed by atoms with Crippen molar-refractivity contribution in [1.29, 1.82) is 0 Å². The molecule has 0 aliphatic heterocycles. The molecule has 0 heterocycles. The van der Waals surface area contributed by atoms with Crippen LogP contribution < -0.4 is 5.48 Å². The molecule has 0 radical (unpaired) electrons. The van der Waals surface area contributed by atoms with E-state index in [-0.39, 0.29) is 0 Å². The topological polar surface area (TPSA) is 41.5 Å². The van der Waals surface area contributed by atoms with Gasteiger partial charge >= 0.3 is 0 Å². The molecular weight excluding hydrogens is 154 g/mol. The third kappa shape index (κ3) is 6.58. The monoisotopic (exact) mass is 175 g/mol. The molecule has 0 fully saturated rings. The molecule has 0 aliphatic rings. The van der Waals surface area contributed by atoms with E-state index in [2.05, 4.69) is 12.4 Å². The van der Waals surface area contributed by atoms with Gasteiger partial charge in [-0.05, 0) is 19.8 Å². The molecule has 1 atom stereocenters. The normalized spacial score (nSPS) is 16.0. The second kappa shape index (κ2) is 6.40. The summed E-state index contributed by atoms with van der Waals surface area (Å²) in [4.78, 5) is 5.09. The first-order valence-corrected chi connectivity index (χ1v) is 4.73. The van der Waals surface area contributed by atoms with Gasteiger partial charge < -0.3 is 5.11 Å². The summed E-state index contributed by atoms with van der Waals surface area (Å²) in [5.74, 6) is 0. The highest BCUT2D eigenvalue weighted by atomic mass is 16.7. The van der Waals surface area contributed by atoms with Gasteiger partial charge in [0.25, 0.3) is 0 Å². The minimum Gasteiger partial charge on any atom is -0.374 e. The van der Waals surface area contributed by atoms with Crippen LogP contribution in [0.5, 0.6) is 0 Å². The lowest BCUT2D eigenvalue weighted by atomic mass is 10.2. The van der Waals surface area contributed by atoms with Crippen LogP contribution >= 0.6 is 0 Å². The number of hydrogen-bond donors (Lipinski definition) is 2. The van der Waals surface area contributed by atoms with E-state index in [0.717, 1.165) is 6.42 Å². The molecule has 3 heteroatoms. The second-order valence-corrected chi connectivity index (χ2v) is 3.29. The Morgan fingerprint density at radius 3 is 2.50 bits per heavy atom. The van der Waals surface area contributed by atoms with Crippen LogP contribution in [0, 0.1) is 0 Å². The standard InChI is InChI=1S/C9H21NO2/c1-4-6-7-8-12-10-9(3,11)5-2/h10-11H,4-8H2,1-3H3. The summed E-state index contributed by atoms with van der Waals surface area (Å²) in [5, 5.41) is 9.44. The molecule has 3 nitrogen and oxygen atoms in total. The van der Waals surface area contributed by atoms with E-state index in [1.54, 1.807) is 6.92 Å². The van der Waals surface area contributed by atoms with Gasteiger partial charge in [-0.25, -0.2) is 0 Å². The predicted molar refractivity (Wildman–Crippen MR) is 49.5 cm³/mol. The maximum atomic E-state index is 9.44. The van der Waals surface area contributed by atoms with Crippen molar-refractivity contribution in [3.63, 3.8) is 0 Å². The minimum atomic E-state index is -0.883. The molecular formula is C9H21NO2. The molecule has 0 amide bonds. The van der Waals surface area contributed by atoms with Crippen LogP contribution in [0.15, 0.2) is 0 Å². The van der Waals surface area contributed by atoms with E-state index in [1.165, 1.54) is 12.8 Å². The third-order valence-electron chi connectivity index (χ3n) is 1.83. The molecule has 74 valence electrons. The van der Waals surface area contributed by atoms with E-state index >= 15 is 0 Å². The first-order valence-electron chi connectivity index (χ1n) is 4.73. The summed E-state index contributed by atoms with van der Waals surface area (Å²) in [5.41, 5.74) is 1.74. The van der Waals surface area contributed by atoms with Crippen LogP contribution in [-0.2, 0) is 4.84 Å². The van der Waals surface area contributed by atoms with Crippen LogP contribution in [0.25, 0.3) is 0 Å². The fourth-order valence-corrected chi connectivity index (χ4v) is 0.703. The van der Waals surface area contributed by atoms with Gasteiger partial charge in [0.2, 0.25) is 0 Å². The molecule has 0 saturated carbocycles. The molecule has 0 aromatic carbocycles. The Morgan fingerprint density at radius 1 is 1.33 bits per heavy atom. The first-order chi connectivity index (χ1) is 5.62. The molecule has 2 N–H and O–H groups in total. The summed E-state index contributed by atoms with van der Waals surface area (Å²) in [6.07, 6.45) is 4.05. The zero-order valence-electron chi connectivity index (χ0n) is 8.39. The van der Waals surface area contributed by atoms with Gasteiger partial charge in [0.1, 0.15) is 5.72 Å². The van der Waals surface area contributed by atoms with Gasteiger partial charge in [-0.15, -0.1) is 0 Å². The maximum Gasteiger partial charge on any atom is 0.134 e. The molecule has 0 saturated heterocycles. The molecule has 0 spiro atoms. The SMILES string of the molecule is CCCCCONC(C)(O)CC. The number of unbranched alkanes of at least 4 members (excludes halogenated alkanes) is 2. The molecule has 1 unspecified atom stereocenters. The molecule has 0 rings (SSSR count). The van der Waals surface area contributed by atoms with Gasteiger partial charge in [0.15, 0.2) is 0 Å². The molecule has 0 bridgehead atoms. The van der Waals surface area contributed by atoms with Crippen LogP contribution in [0.2, 0.25) is 0 Å². The lowest BCUT2D eigenvalue weighted by Gasteiger charge is -2.22. The Morgan fingerprint density at radius 2 is 2.00 bits per heavy atom. The van der Waals surface area contributed by atoms with Crippen molar-refractivity contribution in [1.82, 2.24) is 5.48 Å².